The third-order valence-electron chi connectivity index (χ3n) is 3.50. The van der Waals surface area contributed by atoms with Gasteiger partial charge in [-0.2, -0.15) is 0 Å². The number of amides is 1. The first-order valence-corrected chi connectivity index (χ1v) is 8.21. The predicted molar refractivity (Wildman–Crippen MR) is 83.8 cm³/mol. The molecule has 0 aliphatic carbocycles. The van der Waals surface area contributed by atoms with E-state index in [4.69, 9.17) is 16.3 Å². The lowest BCUT2D eigenvalue weighted by Crippen LogP contribution is -2.20. The largest absolute Gasteiger partial charge is 0.381 e. The van der Waals surface area contributed by atoms with Gasteiger partial charge in [-0.05, 0) is 37.3 Å². The van der Waals surface area contributed by atoms with Crippen molar-refractivity contribution < 1.29 is 9.53 Å². The molecular weight excluding hydrogens is 310 g/mol. The van der Waals surface area contributed by atoms with Crippen LogP contribution >= 0.6 is 22.9 Å². The van der Waals surface area contributed by atoms with Crippen molar-refractivity contribution in [1.82, 2.24) is 9.97 Å². The zero-order valence-electron chi connectivity index (χ0n) is 11.5. The van der Waals surface area contributed by atoms with E-state index in [1.54, 1.807) is 12.1 Å². The number of rotatable bonds is 4. The molecule has 3 heterocycles. The molecule has 21 heavy (non-hydrogen) atoms. The highest BCUT2D eigenvalue weighted by Gasteiger charge is 2.16. The number of fused-ring (bicyclic) bond motifs is 1. The number of halogens is 1. The van der Waals surface area contributed by atoms with Crippen LogP contribution in [0.15, 0.2) is 12.1 Å². The van der Waals surface area contributed by atoms with E-state index in [-0.39, 0.29) is 5.91 Å². The molecule has 7 heteroatoms. The highest BCUT2D eigenvalue weighted by atomic mass is 35.5. The SMILES string of the molecule is O=C(CCC1CCCOC1)Nc1nc2ccc(Cl)nc2s1. The van der Waals surface area contributed by atoms with Crippen LogP contribution in [0, 0.1) is 5.92 Å². The summed E-state index contributed by atoms with van der Waals surface area (Å²) in [6.07, 6.45) is 3.60. The molecule has 1 amide bonds. The first-order valence-electron chi connectivity index (χ1n) is 7.01. The molecular formula is C14H16ClN3O2S. The zero-order chi connectivity index (χ0) is 14.7. The molecule has 112 valence electrons. The van der Waals surface area contributed by atoms with Gasteiger partial charge in [0.2, 0.25) is 5.91 Å². The number of hydrogen-bond donors (Lipinski definition) is 1. The molecule has 0 aromatic carbocycles. The molecule has 1 N–H and O–H groups in total. The Balaban J connectivity index is 1.55. The van der Waals surface area contributed by atoms with E-state index in [0.29, 0.717) is 22.6 Å². The normalized spacial score (nSPS) is 18.8. The van der Waals surface area contributed by atoms with E-state index < -0.39 is 0 Å². The van der Waals surface area contributed by atoms with Gasteiger partial charge in [-0.15, -0.1) is 0 Å². The molecule has 1 saturated heterocycles. The van der Waals surface area contributed by atoms with Crippen LogP contribution in [-0.4, -0.2) is 29.1 Å². The number of carbonyl (C=O) groups excluding carboxylic acids is 1. The molecule has 1 atom stereocenters. The number of thiazole rings is 1. The summed E-state index contributed by atoms with van der Waals surface area (Å²) in [5.74, 6) is 0.492. The lowest BCUT2D eigenvalue weighted by atomic mass is 9.97. The summed E-state index contributed by atoms with van der Waals surface area (Å²) in [4.78, 5) is 21.2. The average Bonchev–Trinajstić information content (AvgIpc) is 2.87. The standard InChI is InChI=1S/C14H16ClN3O2S/c15-11-5-4-10-13(17-11)21-14(16-10)18-12(19)6-3-9-2-1-7-20-8-9/h4-5,9H,1-3,6-8H2,(H,16,18,19). The molecule has 0 saturated carbocycles. The van der Waals surface area contributed by atoms with Gasteiger partial charge in [0, 0.05) is 19.6 Å². The monoisotopic (exact) mass is 325 g/mol. The maximum Gasteiger partial charge on any atom is 0.226 e. The molecule has 0 spiro atoms. The van der Waals surface area contributed by atoms with Gasteiger partial charge in [0.1, 0.15) is 15.5 Å². The van der Waals surface area contributed by atoms with Crippen molar-refractivity contribution in [3.8, 4) is 0 Å². The maximum absolute atomic E-state index is 12.0. The first kappa shape index (κ1) is 14.7. The fourth-order valence-electron chi connectivity index (χ4n) is 2.40. The van der Waals surface area contributed by atoms with Crippen LogP contribution in [0.25, 0.3) is 10.3 Å². The second kappa shape index (κ2) is 6.68. The van der Waals surface area contributed by atoms with Crippen LogP contribution in [0.5, 0.6) is 0 Å². The van der Waals surface area contributed by atoms with Gasteiger partial charge in [0.25, 0.3) is 0 Å². The number of nitrogens with one attached hydrogen (secondary N) is 1. The van der Waals surface area contributed by atoms with Crippen molar-refractivity contribution in [2.75, 3.05) is 18.5 Å². The second-order valence-electron chi connectivity index (χ2n) is 5.15. The number of nitrogens with zero attached hydrogens (tertiary/aromatic N) is 2. The predicted octanol–water partition coefficient (Wildman–Crippen LogP) is 3.49. The Morgan fingerprint density at radius 2 is 2.38 bits per heavy atom. The van der Waals surface area contributed by atoms with Gasteiger partial charge in [-0.25, -0.2) is 9.97 Å². The van der Waals surface area contributed by atoms with Crippen molar-refractivity contribution in [1.29, 1.82) is 0 Å². The molecule has 1 unspecified atom stereocenters. The number of ether oxygens (including phenoxy) is 1. The van der Waals surface area contributed by atoms with Gasteiger partial charge in [0.05, 0.1) is 0 Å². The Kier molecular flexibility index (Phi) is 4.67. The van der Waals surface area contributed by atoms with Crippen LogP contribution in [0.3, 0.4) is 0 Å². The van der Waals surface area contributed by atoms with Gasteiger partial charge in [-0.3, -0.25) is 4.79 Å². The van der Waals surface area contributed by atoms with Crippen LogP contribution in [0.2, 0.25) is 5.15 Å². The number of hydrogen-bond acceptors (Lipinski definition) is 5. The highest BCUT2D eigenvalue weighted by Crippen LogP contribution is 2.26. The summed E-state index contributed by atoms with van der Waals surface area (Å²) in [5, 5.41) is 3.84. The lowest BCUT2D eigenvalue weighted by molar-refractivity contribution is -0.116. The average molecular weight is 326 g/mol. The van der Waals surface area contributed by atoms with Crippen molar-refractivity contribution in [3.05, 3.63) is 17.3 Å². The zero-order valence-corrected chi connectivity index (χ0v) is 13.0. The Morgan fingerprint density at radius 1 is 1.48 bits per heavy atom. The third kappa shape index (κ3) is 3.90. The summed E-state index contributed by atoms with van der Waals surface area (Å²) < 4.78 is 5.42. The van der Waals surface area contributed by atoms with Crippen molar-refractivity contribution in [2.45, 2.75) is 25.7 Å². The van der Waals surface area contributed by atoms with E-state index in [0.717, 1.165) is 42.8 Å². The summed E-state index contributed by atoms with van der Waals surface area (Å²) >= 11 is 7.18. The highest BCUT2D eigenvalue weighted by molar-refractivity contribution is 7.22. The van der Waals surface area contributed by atoms with E-state index in [1.807, 2.05) is 0 Å². The molecule has 0 radical (unpaired) electrons. The molecule has 5 nitrogen and oxygen atoms in total. The Hall–Kier alpha value is -1.24. The lowest BCUT2D eigenvalue weighted by Gasteiger charge is -2.21. The van der Waals surface area contributed by atoms with E-state index in [9.17, 15) is 4.79 Å². The number of carbonyl (C=O) groups is 1. The molecule has 3 rings (SSSR count). The van der Waals surface area contributed by atoms with Crippen LogP contribution in [-0.2, 0) is 9.53 Å². The topological polar surface area (TPSA) is 64.1 Å². The van der Waals surface area contributed by atoms with Crippen molar-refractivity contribution >= 4 is 44.3 Å². The van der Waals surface area contributed by atoms with Crippen molar-refractivity contribution in [3.63, 3.8) is 0 Å². The number of anilines is 1. The maximum atomic E-state index is 12.0. The van der Waals surface area contributed by atoms with E-state index in [1.165, 1.54) is 11.3 Å². The van der Waals surface area contributed by atoms with Crippen LogP contribution in [0.4, 0.5) is 5.13 Å². The van der Waals surface area contributed by atoms with Crippen LogP contribution in [0.1, 0.15) is 25.7 Å². The van der Waals surface area contributed by atoms with Crippen molar-refractivity contribution in [2.24, 2.45) is 5.92 Å². The molecule has 2 aromatic heterocycles. The van der Waals surface area contributed by atoms with Gasteiger partial charge in [0.15, 0.2) is 5.13 Å². The van der Waals surface area contributed by atoms with Gasteiger partial charge >= 0.3 is 0 Å². The minimum atomic E-state index is -0.00859. The second-order valence-corrected chi connectivity index (χ2v) is 6.51. The summed E-state index contributed by atoms with van der Waals surface area (Å²) in [6.45, 7) is 1.63. The molecule has 1 fully saturated rings. The quantitative estimate of drug-likeness (QED) is 0.874. The Morgan fingerprint density at radius 3 is 3.19 bits per heavy atom. The minimum absolute atomic E-state index is 0.00859. The van der Waals surface area contributed by atoms with Crippen LogP contribution < -0.4 is 5.32 Å². The molecule has 0 bridgehead atoms. The summed E-state index contributed by atoms with van der Waals surface area (Å²) in [5.41, 5.74) is 0.750. The smallest absolute Gasteiger partial charge is 0.226 e. The van der Waals surface area contributed by atoms with E-state index in [2.05, 4.69) is 15.3 Å². The summed E-state index contributed by atoms with van der Waals surface area (Å²) in [7, 11) is 0. The number of pyridine rings is 1. The fourth-order valence-corrected chi connectivity index (χ4v) is 3.45. The van der Waals surface area contributed by atoms with Gasteiger partial charge < -0.3 is 10.1 Å². The molecule has 1 aliphatic heterocycles. The molecule has 1 aliphatic rings. The Labute approximate surface area is 131 Å². The third-order valence-corrected chi connectivity index (χ3v) is 4.59. The summed E-state index contributed by atoms with van der Waals surface area (Å²) in [6, 6.07) is 3.49. The van der Waals surface area contributed by atoms with E-state index >= 15 is 0 Å². The Bertz CT molecular complexity index is 640. The van der Waals surface area contributed by atoms with Gasteiger partial charge in [-0.1, -0.05) is 22.9 Å². The fraction of sp³-hybridized carbons (Fsp3) is 0.500. The minimum Gasteiger partial charge on any atom is -0.381 e. The first-order chi connectivity index (χ1) is 10.2. The molecule has 2 aromatic rings. The number of aromatic nitrogens is 2.